The number of hydrogen-bond donors (Lipinski definition) is 1. The Morgan fingerprint density at radius 1 is 1.03 bits per heavy atom. The van der Waals surface area contributed by atoms with Gasteiger partial charge in [-0.15, -0.1) is 0 Å². The first-order chi connectivity index (χ1) is 14.8. The molecule has 0 radical (unpaired) electrons. The lowest BCUT2D eigenvalue weighted by Crippen LogP contribution is -2.36. The molecule has 0 aliphatic heterocycles. The second-order valence-electron chi connectivity index (χ2n) is 6.82. The number of nitrogens with zero attached hydrogens (tertiary/aromatic N) is 1. The number of carbonyl (C=O) groups excluding carboxylic acids is 1. The molecule has 2 rings (SSSR count). The predicted octanol–water partition coefficient (Wildman–Crippen LogP) is 5.26. The van der Waals surface area contributed by atoms with Crippen LogP contribution in [0.1, 0.15) is 39.5 Å². The molecule has 168 valence electrons. The highest BCUT2D eigenvalue weighted by molar-refractivity contribution is 7.52. The van der Waals surface area contributed by atoms with Gasteiger partial charge >= 0.3 is 13.7 Å². The van der Waals surface area contributed by atoms with Crippen LogP contribution in [0, 0.1) is 10.1 Å². The monoisotopic (exact) mass is 450 g/mol. The van der Waals surface area contributed by atoms with Gasteiger partial charge in [-0.2, -0.15) is 5.09 Å². The van der Waals surface area contributed by atoms with Gasteiger partial charge in [0.25, 0.3) is 5.69 Å². The Bertz CT molecular complexity index is 890. The molecule has 0 aliphatic carbocycles. The Kier molecular flexibility index (Phi) is 9.49. The van der Waals surface area contributed by atoms with Crippen molar-refractivity contribution in [1.29, 1.82) is 0 Å². The molecule has 0 saturated heterocycles. The fourth-order valence-corrected chi connectivity index (χ4v) is 4.10. The molecular weight excluding hydrogens is 423 g/mol. The number of carbonyl (C=O) groups is 1. The van der Waals surface area contributed by atoms with Crippen molar-refractivity contribution in [3.05, 3.63) is 64.7 Å². The van der Waals surface area contributed by atoms with Crippen LogP contribution in [0.15, 0.2) is 54.6 Å². The van der Waals surface area contributed by atoms with E-state index in [2.05, 4.69) is 12.0 Å². The number of benzene rings is 2. The second-order valence-corrected chi connectivity index (χ2v) is 8.44. The highest BCUT2D eigenvalue weighted by Crippen LogP contribution is 2.45. The Labute approximate surface area is 181 Å². The van der Waals surface area contributed by atoms with E-state index >= 15 is 0 Å². The van der Waals surface area contributed by atoms with Crippen molar-refractivity contribution in [2.45, 2.75) is 45.6 Å². The average Bonchev–Trinajstić information content (AvgIpc) is 2.74. The zero-order chi connectivity index (χ0) is 22.7. The van der Waals surface area contributed by atoms with Crippen LogP contribution in [0.3, 0.4) is 0 Å². The van der Waals surface area contributed by atoms with E-state index < -0.39 is 24.7 Å². The SMILES string of the molecule is CCCCCCOC(=O)C(C)NP(=O)(Oc1ccccc1)Oc1ccc([N+](=O)[O-])cc1. The zero-order valence-corrected chi connectivity index (χ0v) is 18.5. The third-order valence-electron chi connectivity index (χ3n) is 4.19. The molecule has 0 amide bonds. The Morgan fingerprint density at radius 2 is 1.65 bits per heavy atom. The van der Waals surface area contributed by atoms with Crippen LogP contribution in [0.4, 0.5) is 5.69 Å². The summed E-state index contributed by atoms with van der Waals surface area (Å²) in [6.45, 7) is 3.86. The zero-order valence-electron chi connectivity index (χ0n) is 17.6. The van der Waals surface area contributed by atoms with E-state index in [4.69, 9.17) is 13.8 Å². The van der Waals surface area contributed by atoms with E-state index in [0.29, 0.717) is 0 Å². The molecule has 2 aromatic carbocycles. The minimum atomic E-state index is -4.08. The van der Waals surface area contributed by atoms with Gasteiger partial charge in [0.1, 0.15) is 17.5 Å². The molecule has 1 N–H and O–H groups in total. The molecule has 2 atom stereocenters. The van der Waals surface area contributed by atoms with Crippen molar-refractivity contribution in [2.24, 2.45) is 0 Å². The molecule has 0 aromatic heterocycles. The van der Waals surface area contributed by atoms with Crippen molar-refractivity contribution >= 4 is 19.4 Å². The maximum Gasteiger partial charge on any atom is 0.513 e. The quantitative estimate of drug-likeness (QED) is 0.144. The fourth-order valence-electron chi connectivity index (χ4n) is 2.58. The van der Waals surface area contributed by atoms with Gasteiger partial charge in [0.2, 0.25) is 0 Å². The van der Waals surface area contributed by atoms with Crippen LogP contribution in [0.2, 0.25) is 0 Å². The van der Waals surface area contributed by atoms with Crippen LogP contribution in [0.5, 0.6) is 11.5 Å². The highest BCUT2D eigenvalue weighted by Gasteiger charge is 2.34. The summed E-state index contributed by atoms with van der Waals surface area (Å²) in [5.41, 5.74) is -0.140. The van der Waals surface area contributed by atoms with Crippen molar-refractivity contribution in [1.82, 2.24) is 5.09 Å². The van der Waals surface area contributed by atoms with Crippen molar-refractivity contribution < 1.29 is 28.1 Å². The van der Waals surface area contributed by atoms with Gasteiger partial charge in [0.05, 0.1) is 11.5 Å². The van der Waals surface area contributed by atoms with Crippen LogP contribution in [-0.2, 0) is 14.1 Å². The largest absolute Gasteiger partial charge is 0.513 e. The minimum Gasteiger partial charge on any atom is -0.465 e. The third-order valence-corrected chi connectivity index (χ3v) is 5.80. The second kappa shape index (κ2) is 12.1. The van der Waals surface area contributed by atoms with E-state index in [0.717, 1.165) is 25.7 Å². The van der Waals surface area contributed by atoms with E-state index in [1.165, 1.54) is 31.2 Å². The fraction of sp³-hybridized carbons (Fsp3) is 0.381. The summed E-state index contributed by atoms with van der Waals surface area (Å²) in [5.74, 6) is -0.237. The first-order valence-corrected chi connectivity index (χ1v) is 11.6. The summed E-state index contributed by atoms with van der Waals surface area (Å²) >= 11 is 0. The molecule has 2 aromatic rings. The first kappa shape index (κ1) is 24.4. The minimum absolute atomic E-state index is 0.0810. The number of nitro benzene ring substituents is 1. The number of nitrogens with one attached hydrogen (secondary N) is 1. The van der Waals surface area contributed by atoms with Crippen molar-refractivity contribution in [3.63, 3.8) is 0 Å². The number of nitro groups is 1. The van der Waals surface area contributed by atoms with Crippen LogP contribution in [-0.4, -0.2) is 23.5 Å². The van der Waals surface area contributed by atoms with Crippen LogP contribution < -0.4 is 14.1 Å². The topological polar surface area (TPSA) is 117 Å². The predicted molar refractivity (Wildman–Crippen MR) is 116 cm³/mol. The maximum atomic E-state index is 13.4. The summed E-state index contributed by atoms with van der Waals surface area (Å²) in [4.78, 5) is 22.6. The highest BCUT2D eigenvalue weighted by atomic mass is 31.2. The van der Waals surface area contributed by atoms with E-state index in [1.54, 1.807) is 30.3 Å². The standard InChI is InChI=1S/C21H27N2O7P/c1-3-4-5-9-16-28-21(24)17(2)22-31(27,29-19-10-7-6-8-11-19)30-20-14-12-18(13-15-20)23(25)26/h6-8,10-15,17H,3-5,9,16H2,1-2H3,(H,22,27). The van der Waals surface area contributed by atoms with Crippen molar-refractivity contribution in [2.75, 3.05) is 6.61 Å². The van der Waals surface area contributed by atoms with E-state index in [1.807, 2.05) is 0 Å². The van der Waals surface area contributed by atoms with Gasteiger partial charge in [-0.05, 0) is 37.6 Å². The van der Waals surface area contributed by atoms with Gasteiger partial charge in [-0.3, -0.25) is 14.9 Å². The molecule has 0 heterocycles. The molecule has 10 heteroatoms. The molecular formula is C21H27N2O7P. The van der Waals surface area contributed by atoms with Crippen LogP contribution in [0.25, 0.3) is 0 Å². The number of hydrogen-bond acceptors (Lipinski definition) is 7. The molecule has 9 nitrogen and oxygen atoms in total. The maximum absolute atomic E-state index is 13.4. The Morgan fingerprint density at radius 3 is 2.23 bits per heavy atom. The summed E-state index contributed by atoms with van der Waals surface area (Å²) < 4.78 is 29.7. The number of ether oxygens (including phenoxy) is 1. The number of non-ortho nitro benzene ring substituents is 1. The van der Waals surface area contributed by atoms with Gasteiger partial charge in [0, 0.05) is 12.1 Å². The van der Waals surface area contributed by atoms with E-state index in [-0.39, 0.29) is 23.8 Å². The van der Waals surface area contributed by atoms with Gasteiger partial charge in [-0.1, -0.05) is 44.4 Å². The molecule has 0 saturated carbocycles. The van der Waals surface area contributed by atoms with Gasteiger partial charge in [0.15, 0.2) is 0 Å². The number of esters is 1. The summed E-state index contributed by atoms with van der Waals surface area (Å²) in [6.07, 6.45) is 3.86. The third kappa shape index (κ3) is 8.39. The van der Waals surface area contributed by atoms with Gasteiger partial charge in [-0.25, -0.2) is 4.57 Å². The molecule has 0 spiro atoms. The summed E-state index contributed by atoms with van der Waals surface area (Å²) in [7, 11) is -4.08. The lowest BCUT2D eigenvalue weighted by atomic mass is 10.2. The smallest absolute Gasteiger partial charge is 0.465 e. The Balaban J connectivity index is 2.09. The molecule has 0 bridgehead atoms. The lowest BCUT2D eigenvalue weighted by Gasteiger charge is -2.23. The number of unbranched alkanes of at least 4 members (excludes halogenated alkanes) is 3. The average molecular weight is 450 g/mol. The number of rotatable bonds is 13. The molecule has 31 heavy (non-hydrogen) atoms. The molecule has 0 aliphatic rings. The van der Waals surface area contributed by atoms with Crippen molar-refractivity contribution in [3.8, 4) is 11.5 Å². The Hall–Kier alpha value is -2.90. The van der Waals surface area contributed by atoms with Crippen LogP contribution >= 0.6 is 7.75 Å². The van der Waals surface area contributed by atoms with Gasteiger partial charge < -0.3 is 13.8 Å². The molecule has 2 unspecified atom stereocenters. The lowest BCUT2D eigenvalue weighted by molar-refractivity contribution is -0.384. The molecule has 0 fully saturated rings. The normalized spacial score (nSPS) is 13.6. The number of para-hydroxylation sites is 1. The summed E-state index contributed by atoms with van der Waals surface area (Å²) in [6, 6.07) is 12.4. The summed E-state index contributed by atoms with van der Waals surface area (Å²) in [5, 5.41) is 13.4. The van der Waals surface area contributed by atoms with E-state index in [9.17, 15) is 19.5 Å². The first-order valence-electron chi connectivity index (χ1n) is 10.1.